The molecule has 0 aliphatic heterocycles. The van der Waals surface area contributed by atoms with E-state index in [1.54, 1.807) is 31.3 Å². The number of hydrogen-bond donors (Lipinski definition) is 1. The van der Waals surface area contributed by atoms with E-state index < -0.39 is 10.0 Å². The minimum absolute atomic E-state index is 0.0557. The Hall–Kier alpha value is -1.68. The predicted molar refractivity (Wildman–Crippen MR) is 89.4 cm³/mol. The number of benzene rings is 1. The van der Waals surface area contributed by atoms with Crippen molar-refractivity contribution >= 4 is 50.2 Å². The number of anilines is 1. The number of nitrogens with one attached hydrogen (secondary N) is 1. The molecule has 0 radical (unpaired) electrons. The van der Waals surface area contributed by atoms with Crippen LogP contribution in [0.1, 0.15) is 0 Å². The maximum absolute atomic E-state index is 12.4. The van der Waals surface area contributed by atoms with Gasteiger partial charge in [-0.05, 0) is 28.6 Å². The average Bonchev–Trinajstić information content (AvgIpc) is 3.04. The second kappa shape index (κ2) is 6.08. The number of halogens is 2. The zero-order valence-corrected chi connectivity index (χ0v) is 14.7. The van der Waals surface area contributed by atoms with Crippen LogP contribution in [0.15, 0.2) is 35.2 Å². The van der Waals surface area contributed by atoms with Crippen LogP contribution in [0.4, 0.5) is 5.69 Å². The first kappa shape index (κ1) is 16.2. The van der Waals surface area contributed by atoms with Crippen LogP contribution in [0.3, 0.4) is 0 Å². The van der Waals surface area contributed by atoms with Gasteiger partial charge >= 0.3 is 0 Å². The molecule has 7 nitrogen and oxygen atoms in total. The molecule has 0 spiro atoms. The van der Waals surface area contributed by atoms with E-state index in [0.29, 0.717) is 21.4 Å². The fourth-order valence-electron chi connectivity index (χ4n) is 1.91. The smallest absolute Gasteiger partial charge is 0.264 e. The summed E-state index contributed by atoms with van der Waals surface area (Å²) in [6.07, 6.45) is 0. The van der Waals surface area contributed by atoms with Crippen LogP contribution < -0.4 is 4.72 Å². The van der Waals surface area contributed by atoms with Crippen molar-refractivity contribution in [3.63, 3.8) is 0 Å². The van der Waals surface area contributed by atoms with Crippen molar-refractivity contribution in [3.05, 3.63) is 39.0 Å². The summed E-state index contributed by atoms with van der Waals surface area (Å²) >= 11 is 12.7. The molecule has 0 bridgehead atoms. The molecule has 0 fully saturated rings. The lowest BCUT2D eigenvalue weighted by Crippen LogP contribution is -2.12. The number of hydrogen-bond acceptors (Lipinski definition) is 6. The minimum atomic E-state index is -3.83. The molecule has 0 atom stereocenters. The topological polar surface area (TPSA) is 89.8 Å². The van der Waals surface area contributed by atoms with Gasteiger partial charge in [0.05, 0.1) is 4.34 Å². The van der Waals surface area contributed by atoms with Crippen molar-refractivity contribution in [1.29, 1.82) is 0 Å². The van der Waals surface area contributed by atoms with Gasteiger partial charge in [0.25, 0.3) is 10.0 Å². The van der Waals surface area contributed by atoms with Gasteiger partial charge in [0.2, 0.25) is 0 Å². The maximum atomic E-state index is 12.4. The molecule has 23 heavy (non-hydrogen) atoms. The van der Waals surface area contributed by atoms with Gasteiger partial charge in [-0.25, -0.2) is 13.1 Å². The van der Waals surface area contributed by atoms with Crippen molar-refractivity contribution in [1.82, 2.24) is 20.2 Å². The average molecular weight is 390 g/mol. The standard InChI is InChI=1S/C12H9Cl2N5O2S2/c1-19-12(15-17-18-19)7-3-2-4-8(5-7)16-23(20,21)9-6-10(13)22-11(9)14/h2-6,16H,1H3. The van der Waals surface area contributed by atoms with Crippen LogP contribution in [0.2, 0.25) is 8.67 Å². The molecule has 0 saturated heterocycles. The number of tetrazole rings is 1. The van der Waals surface area contributed by atoms with Crippen LogP contribution in [-0.4, -0.2) is 28.6 Å². The Morgan fingerprint density at radius 3 is 2.65 bits per heavy atom. The summed E-state index contributed by atoms with van der Waals surface area (Å²) in [7, 11) is -2.14. The van der Waals surface area contributed by atoms with E-state index in [1.165, 1.54) is 10.7 Å². The van der Waals surface area contributed by atoms with Crippen molar-refractivity contribution in [2.75, 3.05) is 4.72 Å². The molecule has 3 rings (SSSR count). The van der Waals surface area contributed by atoms with E-state index in [2.05, 4.69) is 20.2 Å². The molecule has 0 aliphatic carbocycles. The quantitative estimate of drug-likeness (QED) is 0.740. The molecule has 1 N–H and O–H groups in total. The van der Waals surface area contributed by atoms with E-state index >= 15 is 0 Å². The Balaban J connectivity index is 1.95. The first-order valence-corrected chi connectivity index (χ1v) is 9.23. The van der Waals surface area contributed by atoms with Gasteiger partial charge in [-0.15, -0.1) is 16.4 Å². The summed E-state index contributed by atoms with van der Waals surface area (Å²) in [5, 5.41) is 11.2. The molecule has 0 unspecified atom stereocenters. The fourth-order valence-corrected chi connectivity index (χ4v) is 5.11. The highest BCUT2D eigenvalue weighted by Gasteiger charge is 2.21. The SMILES string of the molecule is Cn1nnnc1-c1cccc(NS(=O)(=O)c2cc(Cl)sc2Cl)c1. The summed E-state index contributed by atoms with van der Waals surface area (Å²) < 4.78 is 29.2. The second-order valence-corrected chi connectivity index (χ2v) is 8.44. The number of nitrogens with zero attached hydrogens (tertiary/aromatic N) is 4. The zero-order valence-electron chi connectivity index (χ0n) is 11.6. The van der Waals surface area contributed by atoms with E-state index in [0.717, 1.165) is 11.3 Å². The van der Waals surface area contributed by atoms with Crippen LogP contribution >= 0.6 is 34.5 Å². The third-order valence-corrected chi connectivity index (χ3v) is 6.04. The fraction of sp³-hybridized carbons (Fsp3) is 0.0833. The lowest BCUT2D eigenvalue weighted by atomic mass is 10.2. The Labute approximate surface area is 145 Å². The highest BCUT2D eigenvalue weighted by molar-refractivity contribution is 7.93. The molecule has 11 heteroatoms. The summed E-state index contributed by atoms with van der Waals surface area (Å²) in [6.45, 7) is 0. The Morgan fingerprint density at radius 1 is 1.26 bits per heavy atom. The number of rotatable bonds is 4. The Morgan fingerprint density at radius 2 is 2.04 bits per heavy atom. The molecule has 0 aliphatic rings. The van der Waals surface area contributed by atoms with Gasteiger partial charge in [0.15, 0.2) is 5.82 Å². The number of aryl methyl sites for hydroxylation is 1. The molecule has 2 heterocycles. The third-order valence-electron chi connectivity index (χ3n) is 2.91. The molecule has 1 aromatic carbocycles. The zero-order chi connectivity index (χ0) is 16.6. The maximum Gasteiger partial charge on any atom is 0.264 e. The van der Waals surface area contributed by atoms with E-state index in [4.69, 9.17) is 23.2 Å². The molecule has 0 amide bonds. The summed E-state index contributed by atoms with van der Waals surface area (Å²) in [6, 6.07) is 8.03. The predicted octanol–water partition coefficient (Wildman–Crippen LogP) is 3.05. The van der Waals surface area contributed by atoms with Crippen molar-refractivity contribution in [2.45, 2.75) is 4.90 Å². The summed E-state index contributed by atoms with van der Waals surface area (Å²) in [5.41, 5.74) is 1.04. The molecular weight excluding hydrogens is 381 g/mol. The summed E-state index contributed by atoms with van der Waals surface area (Å²) in [5.74, 6) is 0.516. The lowest BCUT2D eigenvalue weighted by molar-refractivity contribution is 0.601. The van der Waals surface area contributed by atoms with Gasteiger partial charge in [-0.3, -0.25) is 4.72 Å². The van der Waals surface area contributed by atoms with Crippen LogP contribution in [0, 0.1) is 0 Å². The number of aromatic nitrogens is 4. The molecule has 0 saturated carbocycles. The first-order chi connectivity index (χ1) is 10.9. The Kier molecular flexibility index (Phi) is 4.28. The van der Waals surface area contributed by atoms with Gasteiger partial charge in [0.1, 0.15) is 9.23 Å². The van der Waals surface area contributed by atoms with Crippen LogP contribution in [-0.2, 0) is 17.1 Å². The molecule has 3 aromatic rings. The largest absolute Gasteiger partial charge is 0.280 e. The van der Waals surface area contributed by atoms with Crippen LogP contribution in [0.25, 0.3) is 11.4 Å². The van der Waals surface area contributed by atoms with E-state index in [-0.39, 0.29) is 9.23 Å². The third kappa shape index (κ3) is 3.32. The first-order valence-electron chi connectivity index (χ1n) is 6.17. The lowest BCUT2D eigenvalue weighted by Gasteiger charge is -2.08. The van der Waals surface area contributed by atoms with E-state index in [9.17, 15) is 8.42 Å². The van der Waals surface area contributed by atoms with Gasteiger partial charge in [-0.2, -0.15) is 0 Å². The number of thiophene rings is 1. The molecular formula is C12H9Cl2N5O2S2. The van der Waals surface area contributed by atoms with Gasteiger partial charge in [-0.1, -0.05) is 35.3 Å². The van der Waals surface area contributed by atoms with Crippen molar-refractivity contribution < 1.29 is 8.42 Å². The van der Waals surface area contributed by atoms with Crippen LogP contribution in [0.5, 0.6) is 0 Å². The van der Waals surface area contributed by atoms with Gasteiger partial charge < -0.3 is 0 Å². The normalized spacial score (nSPS) is 11.6. The second-order valence-electron chi connectivity index (χ2n) is 4.50. The Bertz CT molecular complexity index is 967. The van der Waals surface area contributed by atoms with E-state index in [1.807, 2.05) is 0 Å². The monoisotopic (exact) mass is 389 g/mol. The van der Waals surface area contributed by atoms with Gasteiger partial charge in [0, 0.05) is 18.3 Å². The van der Waals surface area contributed by atoms with Crippen molar-refractivity contribution in [2.24, 2.45) is 7.05 Å². The molecule has 2 aromatic heterocycles. The highest BCUT2D eigenvalue weighted by atomic mass is 35.5. The van der Waals surface area contributed by atoms with Crippen molar-refractivity contribution in [3.8, 4) is 11.4 Å². The minimum Gasteiger partial charge on any atom is -0.280 e. The summed E-state index contributed by atoms with van der Waals surface area (Å²) in [4.78, 5) is -0.0557. The molecule has 120 valence electrons. The highest BCUT2D eigenvalue weighted by Crippen LogP contribution is 2.35. The number of sulfonamides is 1.